The first-order valence-corrected chi connectivity index (χ1v) is 15.7. The Morgan fingerprint density at radius 1 is 1.06 bits per heavy atom. The predicted molar refractivity (Wildman–Crippen MR) is 144 cm³/mol. The Kier molecular flexibility index (Phi) is 7.32. The minimum atomic E-state index is -1.73. The molecule has 0 N–H and O–H groups in total. The molecule has 1 aromatic carbocycles. The van der Waals surface area contributed by atoms with Crippen molar-refractivity contribution in [2.24, 2.45) is 0 Å². The number of nitrogens with zero attached hydrogens (tertiary/aromatic N) is 4. The molecule has 0 aliphatic carbocycles. The Hall–Kier alpha value is -2.02. The summed E-state index contributed by atoms with van der Waals surface area (Å²) in [5.74, 6) is 1.19. The van der Waals surface area contributed by atoms with E-state index in [0.717, 1.165) is 37.9 Å². The van der Waals surface area contributed by atoms with E-state index in [4.69, 9.17) is 14.4 Å². The minimum Gasteiger partial charge on any atom is -0.417 e. The van der Waals surface area contributed by atoms with Crippen LogP contribution in [-0.4, -0.2) is 41.4 Å². The van der Waals surface area contributed by atoms with Gasteiger partial charge in [0.2, 0.25) is 0 Å². The van der Waals surface area contributed by atoms with E-state index in [-0.39, 0.29) is 11.1 Å². The third kappa shape index (κ3) is 5.00. The SMILES string of the molecule is Cc1cccnc1[C@@H]1CCC[C@H](c2nc3ccccc3n2CCCO[Si](C)(C)C(C)(C)C)N1C. The summed E-state index contributed by atoms with van der Waals surface area (Å²) in [4.78, 5) is 12.5. The van der Waals surface area contributed by atoms with Crippen molar-refractivity contribution in [3.05, 3.63) is 59.7 Å². The van der Waals surface area contributed by atoms with Gasteiger partial charge in [0.25, 0.3) is 0 Å². The van der Waals surface area contributed by atoms with Gasteiger partial charge in [-0.2, -0.15) is 0 Å². The summed E-state index contributed by atoms with van der Waals surface area (Å²) < 4.78 is 8.94. The highest BCUT2D eigenvalue weighted by Gasteiger charge is 2.37. The summed E-state index contributed by atoms with van der Waals surface area (Å²) in [6, 6.07) is 13.4. The molecule has 0 radical (unpaired) electrons. The molecular weight excluding hydrogens is 436 g/mol. The van der Waals surface area contributed by atoms with E-state index < -0.39 is 8.32 Å². The maximum Gasteiger partial charge on any atom is 0.191 e. The number of imidazole rings is 1. The summed E-state index contributed by atoms with van der Waals surface area (Å²) in [5, 5.41) is 0.239. The highest BCUT2D eigenvalue weighted by Crippen LogP contribution is 2.41. The number of fused-ring (bicyclic) bond motifs is 1. The standard InChI is InChI=1S/C28H42N4OSi/c1-21-13-11-18-29-26(21)24-16-10-17-25(31(24)5)27-30-22-14-8-9-15-23(22)32(27)19-12-20-33-34(6,7)28(2,3)4/h8-9,11,13-15,18,24-25H,10,12,16-17,19-20H2,1-7H3/t24-,25+/m0/s1. The normalized spacial score (nSPS) is 20.2. The van der Waals surface area contributed by atoms with Crippen LogP contribution in [0.4, 0.5) is 0 Å². The van der Waals surface area contributed by atoms with Gasteiger partial charge in [-0.15, -0.1) is 0 Å². The summed E-state index contributed by atoms with van der Waals surface area (Å²) in [6.45, 7) is 15.5. The highest BCUT2D eigenvalue weighted by molar-refractivity contribution is 6.74. The van der Waals surface area contributed by atoms with Crippen LogP contribution in [0.5, 0.6) is 0 Å². The average Bonchev–Trinajstić information content (AvgIpc) is 3.15. The number of para-hydroxylation sites is 2. The molecule has 2 aromatic heterocycles. The van der Waals surface area contributed by atoms with Crippen LogP contribution in [0.3, 0.4) is 0 Å². The molecule has 4 rings (SSSR count). The Bertz CT molecular complexity index is 1120. The van der Waals surface area contributed by atoms with Gasteiger partial charge < -0.3 is 8.99 Å². The smallest absolute Gasteiger partial charge is 0.191 e. The van der Waals surface area contributed by atoms with E-state index in [1.165, 1.54) is 29.0 Å². The number of hydrogen-bond donors (Lipinski definition) is 0. The summed E-state index contributed by atoms with van der Waals surface area (Å²) in [7, 11) is 0.527. The van der Waals surface area contributed by atoms with Gasteiger partial charge in [-0.05, 0) is 81.5 Å². The van der Waals surface area contributed by atoms with Crippen LogP contribution >= 0.6 is 0 Å². The van der Waals surface area contributed by atoms with Gasteiger partial charge in [-0.1, -0.05) is 39.0 Å². The lowest BCUT2D eigenvalue weighted by molar-refractivity contribution is 0.103. The monoisotopic (exact) mass is 478 g/mol. The Labute approximate surface area is 206 Å². The summed E-state index contributed by atoms with van der Waals surface area (Å²) in [6.07, 6.45) is 6.39. The number of aromatic nitrogens is 3. The van der Waals surface area contributed by atoms with E-state index in [2.05, 4.69) is 87.6 Å². The predicted octanol–water partition coefficient (Wildman–Crippen LogP) is 7.05. The third-order valence-electron chi connectivity index (χ3n) is 8.08. The van der Waals surface area contributed by atoms with Gasteiger partial charge in [-0.3, -0.25) is 9.88 Å². The van der Waals surface area contributed by atoms with Crippen LogP contribution in [0.25, 0.3) is 11.0 Å². The Balaban J connectivity index is 1.58. The maximum absolute atomic E-state index is 6.49. The number of pyridine rings is 1. The number of aryl methyl sites for hydroxylation is 2. The van der Waals surface area contributed by atoms with Crippen LogP contribution in [0.1, 0.15) is 75.6 Å². The van der Waals surface area contributed by atoms with Crippen molar-refractivity contribution in [3.63, 3.8) is 0 Å². The first-order chi connectivity index (χ1) is 16.1. The first kappa shape index (κ1) is 25.1. The Morgan fingerprint density at radius 2 is 1.79 bits per heavy atom. The zero-order chi connectivity index (χ0) is 24.5. The van der Waals surface area contributed by atoms with Crippen molar-refractivity contribution in [3.8, 4) is 0 Å². The molecule has 0 spiro atoms. The molecule has 1 fully saturated rings. The second-order valence-electron chi connectivity index (χ2n) is 11.4. The van der Waals surface area contributed by atoms with Crippen LogP contribution < -0.4 is 0 Å². The molecule has 1 saturated heterocycles. The number of hydrogen-bond acceptors (Lipinski definition) is 4. The molecule has 3 heterocycles. The molecule has 1 aliphatic heterocycles. The largest absolute Gasteiger partial charge is 0.417 e. The minimum absolute atomic E-state index is 0.239. The van der Waals surface area contributed by atoms with E-state index >= 15 is 0 Å². The zero-order valence-electron chi connectivity index (χ0n) is 22.1. The van der Waals surface area contributed by atoms with Crippen molar-refractivity contribution < 1.29 is 4.43 Å². The Morgan fingerprint density at radius 3 is 2.53 bits per heavy atom. The van der Waals surface area contributed by atoms with Crippen molar-refractivity contribution in [2.45, 2.75) is 90.1 Å². The van der Waals surface area contributed by atoms with Gasteiger partial charge in [-0.25, -0.2) is 4.98 Å². The molecule has 6 heteroatoms. The second-order valence-corrected chi connectivity index (χ2v) is 16.2. The van der Waals surface area contributed by atoms with Gasteiger partial charge in [0.15, 0.2) is 8.32 Å². The molecule has 5 nitrogen and oxygen atoms in total. The molecule has 0 unspecified atom stereocenters. The molecule has 184 valence electrons. The molecule has 0 bridgehead atoms. The molecular formula is C28H42N4OSi. The van der Waals surface area contributed by atoms with Gasteiger partial charge >= 0.3 is 0 Å². The molecule has 2 atom stereocenters. The molecule has 1 aliphatic rings. The number of rotatable bonds is 7. The van der Waals surface area contributed by atoms with Crippen molar-refractivity contribution in [1.82, 2.24) is 19.4 Å². The van der Waals surface area contributed by atoms with Crippen LogP contribution in [-0.2, 0) is 11.0 Å². The fourth-order valence-electron chi connectivity index (χ4n) is 4.97. The van der Waals surface area contributed by atoms with E-state index in [9.17, 15) is 0 Å². The first-order valence-electron chi connectivity index (χ1n) is 12.8. The lowest BCUT2D eigenvalue weighted by Crippen LogP contribution is -2.41. The van der Waals surface area contributed by atoms with Crippen LogP contribution in [0.15, 0.2) is 42.6 Å². The molecule has 0 saturated carbocycles. The fourth-order valence-corrected chi connectivity index (χ4v) is 6.05. The van der Waals surface area contributed by atoms with Gasteiger partial charge in [0.05, 0.1) is 28.8 Å². The van der Waals surface area contributed by atoms with E-state index in [1.807, 2.05) is 12.3 Å². The fraction of sp³-hybridized carbons (Fsp3) is 0.571. The average molecular weight is 479 g/mol. The van der Waals surface area contributed by atoms with Crippen molar-refractivity contribution in [2.75, 3.05) is 13.7 Å². The summed E-state index contributed by atoms with van der Waals surface area (Å²) >= 11 is 0. The molecule has 34 heavy (non-hydrogen) atoms. The zero-order valence-corrected chi connectivity index (χ0v) is 23.1. The second kappa shape index (κ2) is 9.92. The van der Waals surface area contributed by atoms with Gasteiger partial charge in [0, 0.05) is 19.3 Å². The van der Waals surface area contributed by atoms with Crippen LogP contribution in [0.2, 0.25) is 18.1 Å². The lowest BCUT2D eigenvalue weighted by Gasteiger charge is -2.39. The highest BCUT2D eigenvalue weighted by atomic mass is 28.4. The van der Waals surface area contributed by atoms with Crippen LogP contribution in [0, 0.1) is 6.92 Å². The molecule has 3 aromatic rings. The third-order valence-corrected chi connectivity index (χ3v) is 12.6. The summed E-state index contributed by atoms with van der Waals surface area (Å²) in [5.41, 5.74) is 4.80. The maximum atomic E-state index is 6.49. The quantitative estimate of drug-likeness (QED) is 0.269. The topological polar surface area (TPSA) is 43.2 Å². The number of piperidine rings is 1. The van der Waals surface area contributed by atoms with Gasteiger partial charge in [0.1, 0.15) is 5.82 Å². The number of likely N-dealkylation sites (tertiary alicyclic amines) is 1. The van der Waals surface area contributed by atoms with Crippen molar-refractivity contribution >= 4 is 19.4 Å². The van der Waals surface area contributed by atoms with E-state index in [1.54, 1.807) is 0 Å². The van der Waals surface area contributed by atoms with Crippen molar-refractivity contribution in [1.29, 1.82) is 0 Å². The molecule has 0 amide bonds. The lowest BCUT2D eigenvalue weighted by atomic mass is 9.92. The number of benzene rings is 1. The van der Waals surface area contributed by atoms with E-state index in [0.29, 0.717) is 6.04 Å².